The average molecular weight is 337 g/mol. The van der Waals surface area contributed by atoms with Crippen LogP contribution in [0.3, 0.4) is 0 Å². The van der Waals surface area contributed by atoms with Crippen molar-refractivity contribution in [2.75, 3.05) is 12.8 Å². The molecule has 3 rings (SSSR count). The van der Waals surface area contributed by atoms with Gasteiger partial charge in [-0.2, -0.15) is 0 Å². The van der Waals surface area contributed by atoms with Gasteiger partial charge in [0.05, 0.1) is 6.10 Å². The molecule has 0 spiro atoms. The van der Waals surface area contributed by atoms with Crippen LogP contribution in [0.1, 0.15) is 43.8 Å². The molecule has 1 aliphatic carbocycles. The third kappa shape index (κ3) is 3.02. The van der Waals surface area contributed by atoms with Crippen LogP contribution in [-0.2, 0) is 14.6 Å². The standard InChI is InChI=1S/C17H23NO4S/c1-23(21,22)17(9-10-17)16(20)18-11-5-8-14(18)12-15(19)13-6-3-2-4-7-13/h2-4,6-7,14-15,19H,5,8-12H2,1H3/t14-,15+/m1/s1. The number of hydrogen-bond donors (Lipinski definition) is 1. The molecule has 1 N–H and O–H groups in total. The molecule has 2 atom stereocenters. The van der Waals surface area contributed by atoms with Crippen LogP contribution in [0, 0.1) is 0 Å². The maximum Gasteiger partial charge on any atom is 0.244 e. The Hall–Kier alpha value is -1.40. The molecular formula is C17H23NO4S. The number of hydrogen-bond acceptors (Lipinski definition) is 4. The van der Waals surface area contributed by atoms with Gasteiger partial charge in [0.2, 0.25) is 5.91 Å². The highest BCUT2D eigenvalue weighted by molar-refractivity contribution is 7.93. The topological polar surface area (TPSA) is 74.7 Å². The summed E-state index contributed by atoms with van der Waals surface area (Å²) in [4.78, 5) is 14.5. The number of carbonyl (C=O) groups excluding carboxylic acids is 1. The molecule has 1 saturated carbocycles. The summed E-state index contributed by atoms with van der Waals surface area (Å²) in [6.07, 6.45) is 3.50. The lowest BCUT2D eigenvalue weighted by Gasteiger charge is -2.29. The van der Waals surface area contributed by atoms with E-state index in [1.807, 2.05) is 30.3 Å². The monoisotopic (exact) mass is 337 g/mol. The molecule has 23 heavy (non-hydrogen) atoms. The molecule has 1 heterocycles. The lowest BCUT2D eigenvalue weighted by atomic mass is 10.0. The fourth-order valence-corrected chi connectivity index (χ4v) is 4.81. The number of sulfone groups is 1. The number of likely N-dealkylation sites (tertiary alicyclic amines) is 1. The maximum absolute atomic E-state index is 12.8. The van der Waals surface area contributed by atoms with E-state index < -0.39 is 20.7 Å². The molecule has 1 amide bonds. The molecule has 2 aliphatic rings. The van der Waals surface area contributed by atoms with Gasteiger partial charge in [-0.25, -0.2) is 8.42 Å². The first kappa shape index (κ1) is 16.5. The van der Waals surface area contributed by atoms with Crippen LogP contribution in [0.2, 0.25) is 0 Å². The summed E-state index contributed by atoms with van der Waals surface area (Å²) in [6, 6.07) is 9.29. The van der Waals surface area contributed by atoms with Crippen LogP contribution in [0.4, 0.5) is 0 Å². The van der Waals surface area contributed by atoms with E-state index in [1.165, 1.54) is 0 Å². The third-order valence-corrected chi connectivity index (χ3v) is 7.12. The Morgan fingerprint density at radius 2 is 2.00 bits per heavy atom. The average Bonchev–Trinajstić information content (AvgIpc) is 3.22. The van der Waals surface area contributed by atoms with E-state index in [4.69, 9.17) is 0 Å². The Morgan fingerprint density at radius 1 is 1.35 bits per heavy atom. The predicted molar refractivity (Wildman–Crippen MR) is 87.6 cm³/mol. The number of benzene rings is 1. The first-order valence-corrected chi connectivity index (χ1v) is 9.98. The molecule has 0 bridgehead atoms. The molecule has 1 saturated heterocycles. The van der Waals surface area contributed by atoms with Crippen molar-refractivity contribution >= 4 is 15.7 Å². The highest BCUT2D eigenvalue weighted by Crippen LogP contribution is 2.46. The van der Waals surface area contributed by atoms with Crippen LogP contribution in [0.15, 0.2) is 30.3 Å². The van der Waals surface area contributed by atoms with Crippen LogP contribution >= 0.6 is 0 Å². The molecule has 1 aromatic carbocycles. The molecular weight excluding hydrogens is 314 g/mol. The van der Waals surface area contributed by atoms with E-state index in [0.717, 1.165) is 24.7 Å². The highest BCUT2D eigenvalue weighted by atomic mass is 32.2. The zero-order valence-corrected chi connectivity index (χ0v) is 14.1. The largest absolute Gasteiger partial charge is 0.388 e. The Labute approximate surface area is 137 Å². The number of aliphatic hydroxyl groups excluding tert-OH is 1. The minimum atomic E-state index is -3.39. The van der Waals surface area contributed by atoms with E-state index in [2.05, 4.69) is 0 Å². The van der Waals surface area contributed by atoms with E-state index in [0.29, 0.717) is 25.8 Å². The van der Waals surface area contributed by atoms with Gasteiger partial charge >= 0.3 is 0 Å². The molecule has 1 aromatic rings. The second-order valence-electron chi connectivity index (χ2n) is 6.72. The van der Waals surface area contributed by atoms with Crippen molar-refractivity contribution in [1.29, 1.82) is 0 Å². The van der Waals surface area contributed by atoms with Gasteiger partial charge in [0.15, 0.2) is 14.6 Å². The van der Waals surface area contributed by atoms with E-state index in [9.17, 15) is 18.3 Å². The molecule has 126 valence electrons. The Kier molecular flexibility index (Phi) is 4.23. The number of carbonyl (C=O) groups is 1. The van der Waals surface area contributed by atoms with Gasteiger partial charge in [-0.05, 0) is 37.7 Å². The second kappa shape index (κ2) is 5.91. The van der Waals surface area contributed by atoms with Crippen molar-refractivity contribution in [3.05, 3.63) is 35.9 Å². The van der Waals surface area contributed by atoms with Gasteiger partial charge in [-0.1, -0.05) is 30.3 Å². The van der Waals surface area contributed by atoms with Crippen molar-refractivity contribution < 1.29 is 18.3 Å². The van der Waals surface area contributed by atoms with E-state index in [1.54, 1.807) is 4.90 Å². The number of rotatable bonds is 5. The van der Waals surface area contributed by atoms with Crippen LogP contribution in [0.5, 0.6) is 0 Å². The van der Waals surface area contributed by atoms with Crippen molar-refractivity contribution in [1.82, 2.24) is 4.90 Å². The summed E-state index contributed by atoms with van der Waals surface area (Å²) >= 11 is 0. The molecule has 0 unspecified atom stereocenters. The summed E-state index contributed by atoms with van der Waals surface area (Å²) in [7, 11) is -3.39. The van der Waals surface area contributed by atoms with Gasteiger partial charge in [0.1, 0.15) is 0 Å². The SMILES string of the molecule is CS(=O)(=O)C1(C(=O)N2CCC[C@@H]2C[C@H](O)c2ccccc2)CC1. The first-order chi connectivity index (χ1) is 10.8. The fraction of sp³-hybridized carbons (Fsp3) is 0.588. The third-order valence-electron chi connectivity index (χ3n) is 5.12. The summed E-state index contributed by atoms with van der Waals surface area (Å²) in [5, 5.41) is 10.4. The second-order valence-corrected chi connectivity index (χ2v) is 9.05. The Bertz CT molecular complexity index is 682. The van der Waals surface area contributed by atoms with Gasteiger partial charge in [0, 0.05) is 18.8 Å². The number of amides is 1. The minimum Gasteiger partial charge on any atom is -0.388 e. The van der Waals surface area contributed by atoms with E-state index >= 15 is 0 Å². The van der Waals surface area contributed by atoms with Crippen molar-refractivity contribution in [2.45, 2.75) is 49.0 Å². The van der Waals surface area contributed by atoms with Gasteiger partial charge in [-0.3, -0.25) is 4.79 Å². The molecule has 6 heteroatoms. The van der Waals surface area contributed by atoms with Crippen molar-refractivity contribution in [2.24, 2.45) is 0 Å². The molecule has 5 nitrogen and oxygen atoms in total. The molecule has 0 radical (unpaired) electrons. The van der Waals surface area contributed by atoms with Crippen LogP contribution in [-0.4, -0.2) is 47.9 Å². The predicted octanol–water partition coefficient (Wildman–Crippen LogP) is 1.68. The minimum absolute atomic E-state index is 0.0862. The molecule has 1 aliphatic heterocycles. The Morgan fingerprint density at radius 3 is 2.57 bits per heavy atom. The van der Waals surface area contributed by atoms with Crippen molar-refractivity contribution in [3.63, 3.8) is 0 Å². The lowest BCUT2D eigenvalue weighted by molar-refractivity contribution is -0.132. The maximum atomic E-state index is 12.8. The Balaban J connectivity index is 1.73. The zero-order valence-electron chi connectivity index (χ0n) is 13.3. The van der Waals surface area contributed by atoms with Gasteiger partial charge in [-0.15, -0.1) is 0 Å². The lowest BCUT2D eigenvalue weighted by Crippen LogP contribution is -2.47. The fourth-order valence-electron chi connectivity index (χ4n) is 3.54. The van der Waals surface area contributed by atoms with E-state index in [-0.39, 0.29) is 11.9 Å². The number of aliphatic hydroxyl groups is 1. The van der Waals surface area contributed by atoms with Gasteiger partial charge < -0.3 is 10.0 Å². The smallest absolute Gasteiger partial charge is 0.244 e. The highest BCUT2D eigenvalue weighted by Gasteiger charge is 2.61. The van der Waals surface area contributed by atoms with Crippen molar-refractivity contribution in [3.8, 4) is 0 Å². The summed E-state index contributed by atoms with van der Waals surface area (Å²) < 4.78 is 22.7. The first-order valence-electron chi connectivity index (χ1n) is 8.09. The van der Waals surface area contributed by atoms with Crippen LogP contribution in [0.25, 0.3) is 0 Å². The summed E-state index contributed by atoms with van der Waals surface area (Å²) in [5.41, 5.74) is 0.830. The van der Waals surface area contributed by atoms with Crippen LogP contribution < -0.4 is 0 Å². The quantitative estimate of drug-likeness (QED) is 0.887. The summed E-state index contributed by atoms with van der Waals surface area (Å²) in [6.45, 7) is 0.586. The molecule has 2 fully saturated rings. The summed E-state index contributed by atoms with van der Waals surface area (Å²) in [5.74, 6) is -0.261. The molecule has 0 aromatic heterocycles. The normalized spacial score (nSPS) is 24.4. The zero-order chi connectivity index (χ0) is 16.7. The van der Waals surface area contributed by atoms with Gasteiger partial charge in [0.25, 0.3) is 0 Å². The number of nitrogens with zero attached hydrogens (tertiary/aromatic N) is 1.